The van der Waals surface area contributed by atoms with E-state index >= 15 is 0 Å². The van der Waals surface area contributed by atoms with E-state index in [4.69, 9.17) is 21.7 Å². The first-order valence-electron chi connectivity index (χ1n) is 8.02. The Kier molecular flexibility index (Phi) is 5.34. The summed E-state index contributed by atoms with van der Waals surface area (Å²) >= 11 is 6.76. The topological polar surface area (TPSA) is 38.8 Å². The van der Waals surface area contributed by atoms with Gasteiger partial charge in [-0.25, -0.2) is 0 Å². The standard InChI is InChI=1S/C20H19NO3S2/c1-12-5-7-15(13(2)9-12)21-19(22)18(26-20(21)25)11-14-6-8-16(23-3)17(10-14)24-4/h5-11H,1-4H3. The van der Waals surface area contributed by atoms with Crippen LogP contribution in [0.4, 0.5) is 5.69 Å². The minimum Gasteiger partial charge on any atom is -0.493 e. The number of hydrogen-bond acceptors (Lipinski definition) is 5. The molecule has 1 amide bonds. The zero-order chi connectivity index (χ0) is 18.8. The summed E-state index contributed by atoms with van der Waals surface area (Å²) < 4.78 is 11.1. The molecule has 6 heteroatoms. The normalized spacial score (nSPS) is 15.7. The molecule has 0 aliphatic carbocycles. The van der Waals surface area contributed by atoms with Crippen molar-refractivity contribution in [2.45, 2.75) is 13.8 Å². The molecule has 0 radical (unpaired) electrons. The second-order valence-electron chi connectivity index (χ2n) is 5.92. The van der Waals surface area contributed by atoms with Crippen LogP contribution >= 0.6 is 24.0 Å². The van der Waals surface area contributed by atoms with Crippen molar-refractivity contribution in [1.82, 2.24) is 0 Å². The fraction of sp³-hybridized carbons (Fsp3) is 0.200. The average Bonchev–Trinajstić information content (AvgIpc) is 2.89. The third-order valence-electron chi connectivity index (χ3n) is 4.09. The summed E-state index contributed by atoms with van der Waals surface area (Å²) in [7, 11) is 3.17. The van der Waals surface area contributed by atoms with Crippen molar-refractivity contribution in [3.8, 4) is 11.5 Å². The first-order chi connectivity index (χ1) is 12.4. The van der Waals surface area contributed by atoms with Crippen LogP contribution < -0.4 is 14.4 Å². The fourth-order valence-electron chi connectivity index (χ4n) is 2.83. The third-order valence-corrected chi connectivity index (χ3v) is 5.39. The van der Waals surface area contributed by atoms with Crippen molar-refractivity contribution >= 4 is 46.0 Å². The molecule has 26 heavy (non-hydrogen) atoms. The van der Waals surface area contributed by atoms with Gasteiger partial charge in [-0.1, -0.05) is 47.7 Å². The lowest BCUT2D eigenvalue weighted by atomic mass is 10.1. The van der Waals surface area contributed by atoms with Crippen molar-refractivity contribution in [3.05, 3.63) is 58.0 Å². The van der Waals surface area contributed by atoms with E-state index in [-0.39, 0.29) is 5.91 Å². The van der Waals surface area contributed by atoms with Crippen LogP contribution in [0.15, 0.2) is 41.3 Å². The monoisotopic (exact) mass is 385 g/mol. The maximum atomic E-state index is 12.9. The molecule has 2 aromatic carbocycles. The van der Waals surface area contributed by atoms with Crippen LogP contribution in [0.25, 0.3) is 6.08 Å². The molecule has 1 aliphatic rings. The predicted molar refractivity (Wildman–Crippen MR) is 111 cm³/mol. The van der Waals surface area contributed by atoms with E-state index in [1.807, 2.05) is 56.3 Å². The molecule has 0 bridgehead atoms. The van der Waals surface area contributed by atoms with Gasteiger partial charge in [0, 0.05) is 0 Å². The van der Waals surface area contributed by atoms with E-state index in [2.05, 4.69) is 0 Å². The summed E-state index contributed by atoms with van der Waals surface area (Å²) in [6, 6.07) is 11.5. The molecule has 0 spiro atoms. The smallest absolute Gasteiger partial charge is 0.270 e. The lowest BCUT2D eigenvalue weighted by Crippen LogP contribution is -2.28. The van der Waals surface area contributed by atoms with E-state index in [1.165, 1.54) is 11.8 Å². The van der Waals surface area contributed by atoms with Gasteiger partial charge >= 0.3 is 0 Å². The number of hydrogen-bond donors (Lipinski definition) is 0. The molecule has 3 rings (SSSR count). The quantitative estimate of drug-likeness (QED) is 0.562. The third kappa shape index (κ3) is 3.48. The number of rotatable bonds is 4. The largest absolute Gasteiger partial charge is 0.493 e. The number of carbonyl (C=O) groups excluding carboxylic acids is 1. The molecule has 0 saturated carbocycles. The van der Waals surface area contributed by atoms with Crippen LogP contribution in [0.5, 0.6) is 11.5 Å². The number of ether oxygens (including phenoxy) is 2. The van der Waals surface area contributed by atoms with Crippen LogP contribution in [0, 0.1) is 13.8 Å². The van der Waals surface area contributed by atoms with Gasteiger partial charge in [0.2, 0.25) is 0 Å². The molecule has 0 N–H and O–H groups in total. The van der Waals surface area contributed by atoms with Crippen LogP contribution in [0.3, 0.4) is 0 Å². The van der Waals surface area contributed by atoms with Gasteiger partial charge in [0.05, 0.1) is 24.8 Å². The first-order valence-corrected chi connectivity index (χ1v) is 9.24. The molecule has 2 aromatic rings. The molecule has 1 heterocycles. The van der Waals surface area contributed by atoms with Gasteiger partial charge in [-0.05, 0) is 49.2 Å². The molecule has 1 aliphatic heterocycles. The van der Waals surface area contributed by atoms with Gasteiger partial charge < -0.3 is 9.47 Å². The Hall–Kier alpha value is -2.31. The molecule has 1 saturated heterocycles. The lowest BCUT2D eigenvalue weighted by Gasteiger charge is -2.17. The Morgan fingerprint density at radius 1 is 1.04 bits per heavy atom. The van der Waals surface area contributed by atoms with E-state index in [0.717, 1.165) is 22.4 Å². The highest BCUT2D eigenvalue weighted by atomic mass is 32.2. The first kappa shape index (κ1) is 18.5. The Morgan fingerprint density at radius 3 is 2.42 bits per heavy atom. The maximum absolute atomic E-state index is 12.9. The number of thiocarbonyl (C=S) groups is 1. The van der Waals surface area contributed by atoms with Crippen molar-refractivity contribution in [2.24, 2.45) is 0 Å². The number of anilines is 1. The average molecular weight is 386 g/mol. The van der Waals surface area contributed by atoms with E-state index in [0.29, 0.717) is 20.7 Å². The van der Waals surface area contributed by atoms with Gasteiger partial charge in [0.15, 0.2) is 15.8 Å². The predicted octanol–water partition coefficient (Wildman–Crippen LogP) is 4.73. The summed E-state index contributed by atoms with van der Waals surface area (Å²) in [4.78, 5) is 15.1. The van der Waals surface area contributed by atoms with E-state index in [9.17, 15) is 4.79 Å². The summed E-state index contributed by atoms with van der Waals surface area (Å²) in [6.07, 6.45) is 1.82. The summed E-state index contributed by atoms with van der Waals surface area (Å²) in [5, 5.41) is 0. The number of thioether (sulfide) groups is 1. The highest BCUT2D eigenvalue weighted by Gasteiger charge is 2.34. The Balaban J connectivity index is 1.95. The zero-order valence-corrected chi connectivity index (χ0v) is 16.7. The van der Waals surface area contributed by atoms with Gasteiger partial charge in [0.1, 0.15) is 0 Å². The zero-order valence-electron chi connectivity index (χ0n) is 15.0. The number of nitrogens with zero attached hydrogens (tertiary/aromatic N) is 1. The second kappa shape index (κ2) is 7.51. The minimum absolute atomic E-state index is 0.110. The number of amides is 1. The van der Waals surface area contributed by atoms with Gasteiger partial charge in [-0.2, -0.15) is 0 Å². The SMILES string of the molecule is COc1ccc(C=C2SC(=S)N(c3ccc(C)cc3C)C2=O)cc1OC. The summed E-state index contributed by atoms with van der Waals surface area (Å²) in [5.41, 5.74) is 3.85. The van der Waals surface area contributed by atoms with Gasteiger partial charge in [0.25, 0.3) is 5.91 Å². The van der Waals surface area contributed by atoms with Crippen molar-refractivity contribution in [2.75, 3.05) is 19.1 Å². The van der Waals surface area contributed by atoms with Crippen LogP contribution in [0.2, 0.25) is 0 Å². The molecule has 134 valence electrons. The molecule has 1 fully saturated rings. The minimum atomic E-state index is -0.110. The summed E-state index contributed by atoms with van der Waals surface area (Å²) in [6.45, 7) is 4.01. The molecular formula is C20H19NO3S2. The van der Waals surface area contributed by atoms with E-state index < -0.39 is 0 Å². The van der Waals surface area contributed by atoms with Crippen molar-refractivity contribution < 1.29 is 14.3 Å². The number of carbonyl (C=O) groups is 1. The number of methoxy groups -OCH3 is 2. The van der Waals surface area contributed by atoms with Crippen molar-refractivity contribution in [1.29, 1.82) is 0 Å². The second-order valence-corrected chi connectivity index (χ2v) is 7.60. The molecule has 4 nitrogen and oxygen atoms in total. The number of aryl methyl sites for hydroxylation is 2. The molecule has 0 aromatic heterocycles. The highest BCUT2D eigenvalue weighted by molar-refractivity contribution is 8.27. The molecule has 0 unspecified atom stereocenters. The lowest BCUT2D eigenvalue weighted by molar-refractivity contribution is -0.113. The molecular weight excluding hydrogens is 366 g/mol. The van der Waals surface area contributed by atoms with Crippen molar-refractivity contribution in [3.63, 3.8) is 0 Å². The Labute approximate surface area is 162 Å². The van der Waals surface area contributed by atoms with Crippen LogP contribution in [-0.4, -0.2) is 24.4 Å². The van der Waals surface area contributed by atoms with Gasteiger partial charge in [-0.15, -0.1) is 0 Å². The van der Waals surface area contributed by atoms with Gasteiger partial charge in [-0.3, -0.25) is 9.69 Å². The molecule has 0 atom stereocenters. The Bertz CT molecular complexity index is 921. The maximum Gasteiger partial charge on any atom is 0.270 e. The van der Waals surface area contributed by atoms with Crippen LogP contribution in [0.1, 0.15) is 16.7 Å². The van der Waals surface area contributed by atoms with Crippen LogP contribution in [-0.2, 0) is 4.79 Å². The highest BCUT2D eigenvalue weighted by Crippen LogP contribution is 2.38. The fourth-order valence-corrected chi connectivity index (χ4v) is 4.11. The Morgan fingerprint density at radius 2 is 1.77 bits per heavy atom. The summed E-state index contributed by atoms with van der Waals surface area (Å²) in [5.74, 6) is 1.15. The van der Waals surface area contributed by atoms with E-state index in [1.54, 1.807) is 19.1 Å². The number of benzene rings is 2.